The van der Waals surface area contributed by atoms with Crippen LogP contribution in [0, 0.1) is 17.0 Å². The lowest BCUT2D eigenvalue weighted by atomic mass is 10.1. The fourth-order valence-electron chi connectivity index (χ4n) is 2.48. The van der Waals surface area contributed by atoms with Crippen molar-refractivity contribution in [1.82, 2.24) is 0 Å². The Kier molecular flexibility index (Phi) is 4.37. The molecule has 0 saturated heterocycles. The molecule has 0 heterocycles. The highest BCUT2D eigenvalue weighted by molar-refractivity contribution is 5.45. The molecule has 2 atom stereocenters. The van der Waals surface area contributed by atoms with Crippen LogP contribution in [0.15, 0.2) is 18.2 Å². The molecule has 1 fully saturated rings. The van der Waals surface area contributed by atoms with E-state index < -0.39 is 0 Å². The zero-order valence-electron chi connectivity index (χ0n) is 11.2. The molecule has 1 saturated carbocycles. The topological polar surface area (TPSA) is 78.4 Å². The number of nitrogens with zero attached hydrogens (tertiary/aromatic N) is 1. The maximum atomic E-state index is 10.9. The van der Waals surface area contributed by atoms with Gasteiger partial charge in [-0.3, -0.25) is 10.1 Å². The van der Waals surface area contributed by atoms with Crippen molar-refractivity contribution in [2.45, 2.75) is 51.2 Å². The molecule has 0 spiro atoms. The van der Waals surface area contributed by atoms with E-state index in [2.05, 4.69) is 0 Å². The predicted octanol–water partition coefficient (Wildman–Crippen LogP) is 2.94. The van der Waals surface area contributed by atoms with Gasteiger partial charge in [0.2, 0.25) is 0 Å². The largest absolute Gasteiger partial charge is 0.489 e. The van der Waals surface area contributed by atoms with E-state index in [1.165, 1.54) is 12.5 Å². The van der Waals surface area contributed by atoms with Gasteiger partial charge < -0.3 is 10.5 Å². The summed E-state index contributed by atoms with van der Waals surface area (Å²) in [6.07, 6.45) is 5.26. The molecule has 19 heavy (non-hydrogen) atoms. The van der Waals surface area contributed by atoms with E-state index in [4.69, 9.17) is 10.5 Å². The maximum Gasteiger partial charge on any atom is 0.276 e. The molecular formula is C14H20N2O3. The first kappa shape index (κ1) is 13.8. The Balaban J connectivity index is 2.13. The van der Waals surface area contributed by atoms with Gasteiger partial charge in [0.25, 0.3) is 5.69 Å². The summed E-state index contributed by atoms with van der Waals surface area (Å²) in [4.78, 5) is 10.5. The molecule has 1 aliphatic rings. The highest BCUT2D eigenvalue weighted by Crippen LogP contribution is 2.27. The number of ether oxygens (including phenoxy) is 1. The van der Waals surface area contributed by atoms with Gasteiger partial charge >= 0.3 is 0 Å². The lowest BCUT2D eigenvalue weighted by Crippen LogP contribution is -2.37. The lowest BCUT2D eigenvalue weighted by Gasteiger charge is -2.22. The number of aryl methyl sites for hydroxylation is 1. The third-order valence-electron chi connectivity index (χ3n) is 3.67. The molecule has 5 nitrogen and oxygen atoms in total. The molecule has 0 aliphatic heterocycles. The number of nitro benzene ring substituents is 1. The molecule has 1 aromatic rings. The van der Waals surface area contributed by atoms with Gasteiger partial charge in [0.15, 0.2) is 0 Å². The third-order valence-corrected chi connectivity index (χ3v) is 3.67. The van der Waals surface area contributed by atoms with Gasteiger partial charge in [0.05, 0.1) is 11.0 Å². The summed E-state index contributed by atoms with van der Waals surface area (Å²) < 4.78 is 5.86. The molecule has 104 valence electrons. The van der Waals surface area contributed by atoms with Gasteiger partial charge in [-0.15, -0.1) is 0 Å². The van der Waals surface area contributed by atoms with E-state index in [0.717, 1.165) is 25.7 Å². The number of nitro groups is 1. The summed E-state index contributed by atoms with van der Waals surface area (Å²) in [6, 6.07) is 5.01. The Morgan fingerprint density at radius 3 is 2.79 bits per heavy atom. The van der Waals surface area contributed by atoms with E-state index in [-0.39, 0.29) is 22.8 Å². The van der Waals surface area contributed by atoms with Crippen LogP contribution < -0.4 is 10.5 Å². The van der Waals surface area contributed by atoms with Gasteiger partial charge in [-0.05, 0) is 38.3 Å². The monoisotopic (exact) mass is 264 g/mol. The molecule has 0 radical (unpaired) electrons. The molecule has 2 unspecified atom stereocenters. The van der Waals surface area contributed by atoms with Crippen molar-refractivity contribution in [2.75, 3.05) is 0 Å². The molecule has 1 aromatic carbocycles. The maximum absolute atomic E-state index is 10.9. The number of hydrogen-bond donors (Lipinski definition) is 1. The highest BCUT2D eigenvalue weighted by Gasteiger charge is 2.23. The molecular weight excluding hydrogens is 244 g/mol. The Labute approximate surface area is 112 Å². The lowest BCUT2D eigenvalue weighted by molar-refractivity contribution is -0.385. The normalized spacial score (nSPS) is 23.7. The summed E-state index contributed by atoms with van der Waals surface area (Å²) in [5.41, 5.74) is 6.83. The highest BCUT2D eigenvalue weighted by atomic mass is 16.6. The second-order valence-corrected chi connectivity index (χ2v) is 5.16. The zero-order valence-corrected chi connectivity index (χ0v) is 11.2. The Bertz CT molecular complexity index is 462. The average Bonchev–Trinajstić information content (AvgIpc) is 2.57. The van der Waals surface area contributed by atoms with Crippen LogP contribution >= 0.6 is 0 Å². The van der Waals surface area contributed by atoms with Crippen molar-refractivity contribution in [2.24, 2.45) is 5.73 Å². The van der Waals surface area contributed by atoms with Gasteiger partial charge in [0, 0.05) is 11.6 Å². The third kappa shape index (κ3) is 3.44. The van der Waals surface area contributed by atoms with Crippen LogP contribution in [0.3, 0.4) is 0 Å². The first-order valence-electron chi connectivity index (χ1n) is 6.75. The minimum atomic E-state index is -0.380. The van der Waals surface area contributed by atoms with Gasteiger partial charge in [-0.2, -0.15) is 0 Å². The van der Waals surface area contributed by atoms with Gasteiger partial charge in [-0.1, -0.05) is 12.8 Å². The van der Waals surface area contributed by atoms with Crippen LogP contribution in [0.1, 0.15) is 37.7 Å². The first-order valence-corrected chi connectivity index (χ1v) is 6.75. The quantitative estimate of drug-likeness (QED) is 0.517. The molecule has 0 bridgehead atoms. The van der Waals surface area contributed by atoms with Crippen LogP contribution in [-0.4, -0.2) is 17.1 Å². The molecule has 5 heteroatoms. The van der Waals surface area contributed by atoms with Crippen molar-refractivity contribution in [3.63, 3.8) is 0 Å². The molecule has 1 aliphatic carbocycles. The van der Waals surface area contributed by atoms with E-state index in [0.29, 0.717) is 11.3 Å². The van der Waals surface area contributed by atoms with Crippen LogP contribution in [0.2, 0.25) is 0 Å². The Morgan fingerprint density at radius 2 is 2.05 bits per heavy atom. The van der Waals surface area contributed by atoms with Crippen molar-refractivity contribution in [3.8, 4) is 5.75 Å². The molecule has 0 aromatic heterocycles. The fraction of sp³-hybridized carbons (Fsp3) is 0.571. The minimum absolute atomic E-state index is 0.0165. The zero-order chi connectivity index (χ0) is 13.8. The van der Waals surface area contributed by atoms with E-state index >= 15 is 0 Å². The van der Waals surface area contributed by atoms with E-state index in [1.807, 2.05) is 0 Å². The summed E-state index contributed by atoms with van der Waals surface area (Å²) in [6.45, 7) is 1.72. The molecule has 2 N–H and O–H groups in total. The molecule has 0 amide bonds. The van der Waals surface area contributed by atoms with Crippen molar-refractivity contribution in [3.05, 3.63) is 33.9 Å². The first-order chi connectivity index (χ1) is 9.08. The standard InChI is InChI=1S/C14H20N2O3/c1-10-7-8-11(9-13(10)16(17)18)19-14-6-4-2-3-5-12(14)15/h7-9,12,14H,2-6,15H2,1H3. The predicted molar refractivity (Wildman–Crippen MR) is 73.3 cm³/mol. The SMILES string of the molecule is Cc1ccc(OC2CCCCCC2N)cc1[N+](=O)[O-]. The van der Waals surface area contributed by atoms with Crippen LogP contribution in [0.5, 0.6) is 5.75 Å². The van der Waals surface area contributed by atoms with Crippen molar-refractivity contribution >= 4 is 5.69 Å². The van der Waals surface area contributed by atoms with Crippen molar-refractivity contribution in [1.29, 1.82) is 0 Å². The van der Waals surface area contributed by atoms with Crippen LogP contribution in [0.25, 0.3) is 0 Å². The van der Waals surface area contributed by atoms with E-state index in [1.54, 1.807) is 19.1 Å². The number of nitrogens with two attached hydrogens (primary N) is 1. The number of rotatable bonds is 3. The Hall–Kier alpha value is -1.62. The summed E-state index contributed by atoms with van der Waals surface area (Å²) in [7, 11) is 0. The second kappa shape index (κ2) is 6.02. The summed E-state index contributed by atoms with van der Waals surface area (Å²) in [5.74, 6) is 0.541. The number of benzene rings is 1. The van der Waals surface area contributed by atoms with Gasteiger partial charge in [-0.25, -0.2) is 0 Å². The average molecular weight is 264 g/mol. The number of hydrogen-bond acceptors (Lipinski definition) is 4. The fourth-order valence-corrected chi connectivity index (χ4v) is 2.48. The van der Waals surface area contributed by atoms with Crippen LogP contribution in [0.4, 0.5) is 5.69 Å². The minimum Gasteiger partial charge on any atom is -0.489 e. The smallest absolute Gasteiger partial charge is 0.276 e. The summed E-state index contributed by atoms with van der Waals surface area (Å²) >= 11 is 0. The Morgan fingerprint density at radius 1 is 1.32 bits per heavy atom. The molecule has 2 rings (SSSR count). The summed E-state index contributed by atoms with van der Waals surface area (Å²) in [5, 5.41) is 10.9. The van der Waals surface area contributed by atoms with Crippen LogP contribution in [-0.2, 0) is 0 Å². The van der Waals surface area contributed by atoms with Crippen molar-refractivity contribution < 1.29 is 9.66 Å². The van der Waals surface area contributed by atoms with Gasteiger partial charge in [0.1, 0.15) is 11.9 Å². The second-order valence-electron chi connectivity index (χ2n) is 5.16. The van der Waals surface area contributed by atoms with E-state index in [9.17, 15) is 10.1 Å².